The summed E-state index contributed by atoms with van der Waals surface area (Å²) in [6, 6.07) is 33.0. The van der Waals surface area contributed by atoms with Gasteiger partial charge in [0.05, 0.1) is 12.0 Å². The molecule has 0 aromatic heterocycles. The van der Waals surface area contributed by atoms with Crippen molar-refractivity contribution >= 4 is 29.5 Å². The number of carboxylic acid groups (broad SMARTS) is 1. The summed E-state index contributed by atoms with van der Waals surface area (Å²) >= 11 is 0. The fourth-order valence-corrected chi connectivity index (χ4v) is 6.07. The third kappa shape index (κ3) is 7.73. The van der Waals surface area contributed by atoms with Gasteiger partial charge in [0.25, 0.3) is 5.95 Å². The number of fused-ring (bicyclic) bond motifs is 1. The van der Waals surface area contributed by atoms with E-state index < -0.39 is 41.8 Å². The number of amides is 1. The second-order valence-electron chi connectivity index (χ2n) is 12.0. The van der Waals surface area contributed by atoms with Crippen molar-refractivity contribution in [3.8, 4) is 22.3 Å². The van der Waals surface area contributed by atoms with Gasteiger partial charge in [-0.05, 0) is 46.9 Å². The molecule has 1 aliphatic heterocycles. The van der Waals surface area contributed by atoms with Gasteiger partial charge in [0, 0.05) is 18.7 Å². The third-order valence-electron chi connectivity index (χ3n) is 8.71. The van der Waals surface area contributed by atoms with Crippen molar-refractivity contribution in [2.45, 2.75) is 31.8 Å². The van der Waals surface area contributed by atoms with Crippen molar-refractivity contribution in [1.82, 2.24) is 5.32 Å². The molecule has 0 fully saturated rings. The van der Waals surface area contributed by atoms with Crippen LogP contribution >= 0.6 is 0 Å². The normalized spacial score (nSPS) is 15.9. The minimum atomic E-state index is -1.07. The molecule has 0 bridgehead atoms. The van der Waals surface area contributed by atoms with Crippen LogP contribution in [0.15, 0.2) is 145 Å². The molecule has 0 spiro atoms. The van der Waals surface area contributed by atoms with Crippen LogP contribution < -0.4 is 10.2 Å². The summed E-state index contributed by atoms with van der Waals surface area (Å²) < 4.78 is 11.3. The van der Waals surface area contributed by atoms with Gasteiger partial charge in [0.1, 0.15) is 18.0 Å². The maximum Gasteiger partial charge on any atom is 0.336 e. The number of allylic oxidation sites excluding steroid dienone is 3. The summed E-state index contributed by atoms with van der Waals surface area (Å²) in [6.45, 7) is 1.57. The number of rotatable bonds is 13. The van der Waals surface area contributed by atoms with Crippen LogP contribution in [0.3, 0.4) is 0 Å². The molecule has 4 aromatic carbocycles. The van der Waals surface area contributed by atoms with Gasteiger partial charge in [-0.15, -0.1) is 0 Å². The Hall–Kier alpha value is -6.22. The average molecular weight is 669 g/mol. The van der Waals surface area contributed by atoms with Crippen molar-refractivity contribution in [2.24, 2.45) is 5.92 Å². The molecule has 2 aliphatic rings. The number of ether oxygens (including phenoxy) is 2. The van der Waals surface area contributed by atoms with E-state index in [1.54, 1.807) is 36.1 Å². The van der Waals surface area contributed by atoms with Crippen LogP contribution in [-0.4, -0.2) is 47.6 Å². The number of carboxylic acids is 1. The number of carbonyl (C=O) groups is 4. The van der Waals surface area contributed by atoms with E-state index in [-0.39, 0.29) is 25.3 Å². The standard InChI is InChI=1S/C41H36N2O7/c1-27(38(46)42-25-24-37(44)45)43(33-22-20-32(21-23-33)30-12-6-3-7-13-30)36(26-28-16-18-31(19-17-28)29-10-4-2-5-11-29)40(48)50-41-35-15-9-8-14-34(35)39(47)49-41/h2-23,27,34,36H,24-26H2,1H3,(H,42,46)(H,44,45)/t27-,34?,36?/m0/s1. The smallest absolute Gasteiger partial charge is 0.336 e. The largest absolute Gasteiger partial charge is 0.481 e. The van der Waals surface area contributed by atoms with Gasteiger partial charge >= 0.3 is 17.9 Å². The quantitative estimate of drug-likeness (QED) is 0.156. The SMILES string of the molecule is C[C@@H](C(=O)NCCC(=O)O)N(c1ccc(-c2ccccc2)cc1)C(Cc1ccc(-c2ccccc2)cc1)C(=O)OC1=C2C=CC=CC2C(=O)O1. The van der Waals surface area contributed by atoms with Crippen LogP contribution in [-0.2, 0) is 35.1 Å². The average Bonchev–Trinajstić information content (AvgIpc) is 3.46. The zero-order chi connectivity index (χ0) is 35.0. The number of aliphatic carboxylic acids is 1. The van der Waals surface area contributed by atoms with E-state index in [9.17, 15) is 19.2 Å². The summed E-state index contributed by atoms with van der Waals surface area (Å²) in [5.74, 6) is -3.65. The highest BCUT2D eigenvalue weighted by Crippen LogP contribution is 2.34. The van der Waals surface area contributed by atoms with Crippen molar-refractivity contribution in [3.05, 3.63) is 151 Å². The summed E-state index contributed by atoms with van der Waals surface area (Å²) in [6.07, 6.45) is 6.69. The first-order chi connectivity index (χ1) is 24.3. The van der Waals surface area contributed by atoms with Crippen molar-refractivity contribution in [2.75, 3.05) is 11.4 Å². The number of benzene rings is 4. The summed E-state index contributed by atoms with van der Waals surface area (Å²) in [5.41, 5.74) is 5.79. The zero-order valence-electron chi connectivity index (χ0n) is 27.4. The molecule has 0 radical (unpaired) electrons. The first-order valence-electron chi connectivity index (χ1n) is 16.4. The Labute approximate surface area is 290 Å². The fourth-order valence-electron chi connectivity index (χ4n) is 6.07. The van der Waals surface area contributed by atoms with Crippen LogP contribution in [0.1, 0.15) is 18.9 Å². The van der Waals surface area contributed by atoms with Gasteiger partial charge in [-0.1, -0.05) is 121 Å². The highest BCUT2D eigenvalue weighted by Gasteiger charge is 2.40. The molecule has 9 heteroatoms. The Morgan fingerprint density at radius 2 is 1.40 bits per heavy atom. The Morgan fingerprint density at radius 1 is 0.820 bits per heavy atom. The van der Waals surface area contributed by atoms with E-state index in [1.807, 2.05) is 109 Å². The van der Waals surface area contributed by atoms with E-state index in [0.717, 1.165) is 27.8 Å². The highest BCUT2D eigenvalue weighted by atomic mass is 16.7. The van der Waals surface area contributed by atoms with Crippen molar-refractivity contribution in [3.63, 3.8) is 0 Å². The highest BCUT2D eigenvalue weighted by molar-refractivity contribution is 5.91. The number of anilines is 1. The molecule has 1 amide bonds. The summed E-state index contributed by atoms with van der Waals surface area (Å²) in [4.78, 5) is 53.4. The maximum atomic E-state index is 14.4. The molecule has 9 nitrogen and oxygen atoms in total. The van der Waals surface area contributed by atoms with E-state index in [1.165, 1.54) is 0 Å². The van der Waals surface area contributed by atoms with Crippen LogP contribution in [0.4, 0.5) is 5.69 Å². The lowest BCUT2D eigenvalue weighted by Crippen LogP contribution is -2.54. The first-order valence-corrected chi connectivity index (χ1v) is 16.4. The monoisotopic (exact) mass is 668 g/mol. The maximum absolute atomic E-state index is 14.4. The molecule has 50 heavy (non-hydrogen) atoms. The lowest BCUT2D eigenvalue weighted by molar-refractivity contribution is -0.153. The molecule has 0 saturated heterocycles. The predicted octanol–water partition coefficient (Wildman–Crippen LogP) is 6.47. The zero-order valence-corrected chi connectivity index (χ0v) is 27.4. The summed E-state index contributed by atoms with van der Waals surface area (Å²) in [5, 5.41) is 11.8. The van der Waals surface area contributed by atoms with Gasteiger partial charge in [-0.25, -0.2) is 4.79 Å². The molecule has 252 valence electrons. The second-order valence-corrected chi connectivity index (χ2v) is 12.0. The van der Waals surface area contributed by atoms with Gasteiger partial charge < -0.3 is 24.8 Å². The Balaban J connectivity index is 1.38. The third-order valence-corrected chi connectivity index (χ3v) is 8.71. The number of nitrogens with zero attached hydrogens (tertiary/aromatic N) is 1. The van der Waals surface area contributed by atoms with Crippen LogP contribution in [0.25, 0.3) is 22.3 Å². The molecular weight excluding hydrogens is 632 g/mol. The second kappa shape index (κ2) is 15.3. The number of carbonyl (C=O) groups excluding carboxylic acids is 3. The minimum absolute atomic E-state index is 0.0806. The molecule has 1 aliphatic carbocycles. The van der Waals surface area contributed by atoms with E-state index >= 15 is 0 Å². The molecular formula is C41H36N2O7. The van der Waals surface area contributed by atoms with E-state index in [0.29, 0.717) is 11.3 Å². The van der Waals surface area contributed by atoms with Gasteiger partial charge in [-0.3, -0.25) is 14.4 Å². The van der Waals surface area contributed by atoms with Crippen molar-refractivity contribution in [1.29, 1.82) is 0 Å². The van der Waals surface area contributed by atoms with E-state index in [2.05, 4.69) is 5.32 Å². The lowest BCUT2D eigenvalue weighted by Gasteiger charge is -2.36. The fraction of sp³-hybridized carbons (Fsp3) is 0.171. The molecule has 1 heterocycles. The first kappa shape index (κ1) is 33.7. The van der Waals surface area contributed by atoms with Crippen molar-refractivity contribution < 1.29 is 33.8 Å². The topological polar surface area (TPSA) is 122 Å². The number of cyclic esters (lactones) is 1. The van der Waals surface area contributed by atoms with Crippen LogP contribution in [0, 0.1) is 5.92 Å². The van der Waals surface area contributed by atoms with Crippen LogP contribution in [0.5, 0.6) is 0 Å². The van der Waals surface area contributed by atoms with Gasteiger partial charge in [0.2, 0.25) is 5.91 Å². The van der Waals surface area contributed by atoms with Gasteiger partial charge in [-0.2, -0.15) is 0 Å². The molecule has 4 aromatic rings. The Kier molecular flexibility index (Phi) is 10.3. The Bertz CT molecular complexity index is 1950. The molecule has 2 unspecified atom stereocenters. The summed E-state index contributed by atoms with van der Waals surface area (Å²) in [7, 11) is 0. The molecule has 3 atom stereocenters. The molecule has 6 rings (SSSR count). The Morgan fingerprint density at radius 3 is 2.00 bits per heavy atom. The predicted molar refractivity (Wildman–Crippen MR) is 189 cm³/mol. The molecule has 0 saturated carbocycles. The lowest BCUT2D eigenvalue weighted by atomic mass is 9.97. The van der Waals surface area contributed by atoms with Gasteiger partial charge in [0.15, 0.2) is 0 Å². The van der Waals surface area contributed by atoms with Crippen LogP contribution in [0.2, 0.25) is 0 Å². The van der Waals surface area contributed by atoms with E-state index in [4.69, 9.17) is 14.6 Å². The number of hydrogen-bond donors (Lipinski definition) is 2. The number of nitrogens with one attached hydrogen (secondary N) is 1. The minimum Gasteiger partial charge on any atom is -0.481 e. The number of hydrogen-bond acceptors (Lipinski definition) is 7. The number of esters is 2. The molecule has 2 N–H and O–H groups in total.